The molecule has 4 heterocycles. The first-order valence-corrected chi connectivity index (χ1v) is 11.2. The van der Waals surface area contributed by atoms with Gasteiger partial charge < -0.3 is 10.3 Å². The number of aromatic amines is 2. The van der Waals surface area contributed by atoms with Crippen LogP contribution < -0.4 is 5.32 Å². The van der Waals surface area contributed by atoms with Crippen LogP contribution in [0.2, 0.25) is 0 Å². The number of hydrogen-bond donors (Lipinski definition) is 3. The summed E-state index contributed by atoms with van der Waals surface area (Å²) in [4.78, 5) is 13.1. The molecule has 5 rings (SSSR count). The van der Waals surface area contributed by atoms with E-state index in [1.807, 2.05) is 0 Å². The molecule has 1 unspecified atom stereocenters. The van der Waals surface area contributed by atoms with E-state index >= 15 is 0 Å². The van der Waals surface area contributed by atoms with E-state index in [0.717, 1.165) is 53.6 Å². The van der Waals surface area contributed by atoms with Crippen LogP contribution in [-0.4, -0.2) is 38.2 Å². The molecule has 1 saturated heterocycles. The van der Waals surface area contributed by atoms with Crippen molar-refractivity contribution in [2.45, 2.75) is 52.4 Å². The fourth-order valence-electron chi connectivity index (χ4n) is 4.83. The zero-order valence-electron chi connectivity index (χ0n) is 18.7. The van der Waals surface area contributed by atoms with Crippen LogP contribution in [0.25, 0.3) is 33.5 Å². The Kier molecular flexibility index (Phi) is 5.10. The van der Waals surface area contributed by atoms with Gasteiger partial charge in [-0.25, -0.2) is 4.98 Å². The summed E-state index contributed by atoms with van der Waals surface area (Å²) >= 11 is 0. The summed E-state index contributed by atoms with van der Waals surface area (Å²) in [5.74, 6) is 2.56. The van der Waals surface area contributed by atoms with Crippen LogP contribution in [0.4, 0.5) is 0 Å². The van der Waals surface area contributed by atoms with Gasteiger partial charge in [0.15, 0.2) is 5.82 Å². The highest BCUT2D eigenvalue weighted by Crippen LogP contribution is 2.37. The molecular formula is C25H30N6. The molecule has 1 atom stereocenters. The maximum absolute atomic E-state index is 4.85. The molecule has 6 nitrogen and oxygen atoms in total. The van der Waals surface area contributed by atoms with Gasteiger partial charge >= 0.3 is 0 Å². The van der Waals surface area contributed by atoms with Gasteiger partial charge in [-0.3, -0.25) is 10.1 Å². The molecule has 6 heteroatoms. The van der Waals surface area contributed by atoms with Gasteiger partial charge in [0.25, 0.3) is 0 Å². The fraction of sp³-hybridized carbons (Fsp3) is 0.400. The highest BCUT2D eigenvalue weighted by Gasteiger charge is 2.21. The molecule has 31 heavy (non-hydrogen) atoms. The number of piperidine rings is 1. The molecule has 3 aromatic heterocycles. The van der Waals surface area contributed by atoms with E-state index in [-0.39, 0.29) is 0 Å². The van der Waals surface area contributed by atoms with Crippen molar-refractivity contribution in [1.82, 2.24) is 30.5 Å². The van der Waals surface area contributed by atoms with Gasteiger partial charge in [-0.15, -0.1) is 0 Å². The van der Waals surface area contributed by atoms with E-state index in [0.29, 0.717) is 11.8 Å². The lowest BCUT2D eigenvalue weighted by Gasteiger charge is -2.20. The Balaban J connectivity index is 1.58. The van der Waals surface area contributed by atoms with Crippen molar-refractivity contribution in [3.05, 3.63) is 53.1 Å². The van der Waals surface area contributed by atoms with Gasteiger partial charge in [0.1, 0.15) is 5.82 Å². The summed E-state index contributed by atoms with van der Waals surface area (Å²) in [6, 6.07) is 10.8. The smallest absolute Gasteiger partial charge is 0.181 e. The van der Waals surface area contributed by atoms with E-state index in [1.165, 1.54) is 28.6 Å². The van der Waals surface area contributed by atoms with E-state index in [4.69, 9.17) is 4.98 Å². The topological polar surface area (TPSA) is 82.3 Å². The Morgan fingerprint density at radius 3 is 2.52 bits per heavy atom. The lowest BCUT2D eigenvalue weighted by Crippen LogP contribution is -2.28. The molecule has 4 aromatic rings. The molecule has 0 spiro atoms. The van der Waals surface area contributed by atoms with Crippen LogP contribution in [0.15, 0.2) is 30.3 Å². The number of pyridine rings is 1. The van der Waals surface area contributed by atoms with Crippen LogP contribution in [-0.2, 0) is 0 Å². The zero-order valence-corrected chi connectivity index (χ0v) is 18.7. The first kappa shape index (κ1) is 19.9. The van der Waals surface area contributed by atoms with Crippen molar-refractivity contribution >= 4 is 10.9 Å². The van der Waals surface area contributed by atoms with Crippen molar-refractivity contribution in [1.29, 1.82) is 0 Å². The Morgan fingerprint density at radius 2 is 1.81 bits per heavy atom. The first-order valence-electron chi connectivity index (χ1n) is 11.2. The summed E-state index contributed by atoms with van der Waals surface area (Å²) in [6.07, 6.45) is 2.34. The largest absolute Gasteiger partial charge is 0.354 e. The van der Waals surface area contributed by atoms with Crippen LogP contribution in [0.5, 0.6) is 0 Å². The average Bonchev–Trinajstić information content (AvgIpc) is 3.38. The minimum absolute atomic E-state index is 0.379. The predicted molar refractivity (Wildman–Crippen MR) is 125 cm³/mol. The third-order valence-corrected chi connectivity index (χ3v) is 6.23. The van der Waals surface area contributed by atoms with Gasteiger partial charge in [0, 0.05) is 45.9 Å². The van der Waals surface area contributed by atoms with Crippen LogP contribution in [0, 0.1) is 13.8 Å². The molecule has 0 saturated carbocycles. The Morgan fingerprint density at radius 1 is 1.00 bits per heavy atom. The van der Waals surface area contributed by atoms with E-state index in [1.54, 1.807) is 0 Å². The van der Waals surface area contributed by atoms with Crippen molar-refractivity contribution in [2.24, 2.45) is 0 Å². The molecular weight excluding hydrogens is 384 g/mol. The predicted octanol–water partition coefficient (Wildman–Crippen LogP) is 5.22. The number of fused-ring (bicyclic) bond motifs is 1. The number of aromatic nitrogens is 5. The average molecular weight is 415 g/mol. The molecule has 1 fully saturated rings. The van der Waals surface area contributed by atoms with Gasteiger partial charge in [-0.2, -0.15) is 5.10 Å². The van der Waals surface area contributed by atoms with Crippen molar-refractivity contribution in [2.75, 3.05) is 13.1 Å². The second-order valence-corrected chi connectivity index (χ2v) is 9.05. The fourth-order valence-corrected chi connectivity index (χ4v) is 4.83. The number of benzene rings is 1. The lowest BCUT2D eigenvalue weighted by atomic mass is 9.95. The molecule has 160 valence electrons. The summed E-state index contributed by atoms with van der Waals surface area (Å²) in [7, 11) is 0. The maximum Gasteiger partial charge on any atom is 0.181 e. The monoisotopic (exact) mass is 414 g/mol. The minimum atomic E-state index is 0.379. The number of nitrogens with one attached hydrogen (secondary N) is 3. The Bertz CT molecular complexity index is 1210. The van der Waals surface area contributed by atoms with E-state index in [9.17, 15) is 0 Å². The summed E-state index contributed by atoms with van der Waals surface area (Å²) < 4.78 is 0. The van der Waals surface area contributed by atoms with Crippen molar-refractivity contribution in [3.8, 4) is 22.6 Å². The number of H-pyrrole nitrogens is 2. The molecule has 3 N–H and O–H groups in total. The van der Waals surface area contributed by atoms with Crippen molar-refractivity contribution in [3.63, 3.8) is 0 Å². The van der Waals surface area contributed by atoms with Gasteiger partial charge in [0.2, 0.25) is 0 Å². The van der Waals surface area contributed by atoms with Crippen LogP contribution in [0.1, 0.15) is 61.3 Å². The third kappa shape index (κ3) is 3.76. The van der Waals surface area contributed by atoms with E-state index < -0.39 is 0 Å². The Labute approximate surface area is 182 Å². The second-order valence-electron chi connectivity index (χ2n) is 9.05. The van der Waals surface area contributed by atoms with Gasteiger partial charge in [0.05, 0.1) is 5.69 Å². The molecule has 0 bridgehead atoms. The van der Waals surface area contributed by atoms with Gasteiger partial charge in [-0.05, 0) is 75.0 Å². The van der Waals surface area contributed by atoms with Crippen LogP contribution in [0.3, 0.4) is 0 Å². The lowest BCUT2D eigenvalue weighted by molar-refractivity contribution is 0.447. The highest BCUT2D eigenvalue weighted by molar-refractivity contribution is 5.93. The maximum atomic E-state index is 4.85. The van der Waals surface area contributed by atoms with Crippen molar-refractivity contribution < 1.29 is 0 Å². The normalized spacial score (nSPS) is 17.0. The molecule has 0 aliphatic carbocycles. The van der Waals surface area contributed by atoms with E-state index in [2.05, 4.69) is 83.5 Å². The second kappa shape index (κ2) is 7.93. The molecule has 1 aliphatic heterocycles. The number of aryl methyl sites for hydroxylation is 2. The Hall–Kier alpha value is -2.99. The summed E-state index contributed by atoms with van der Waals surface area (Å²) in [6.45, 7) is 10.7. The summed E-state index contributed by atoms with van der Waals surface area (Å²) in [5, 5.41) is 12.4. The SMILES string of the molecule is Cc1cc(-c2[nH]c3ccc(-c4n[nH]c(C5CCCNC5)n4)cc3c2C(C)C)cc(C)n1. The zero-order chi connectivity index (χ0) is 21.5. The summed E-state index contributed by atoms with van der Waals surface area (Å²) in [5.41, 5.74) is 7.96. The molecule has 0 amide bonds. The molecule has 1 aromatic carbocycles. The molecule has 1 aliphatic rings. The van der Waals surface area contributed by atoms with Crippen LogP contribution >= 0.6 is 0 Å². The minimum Gasteiger partial charge on any atom is -0.354 e. The number of rotatable bonds is 4. The number of nitrogens with zero attached hydrogens (tertiary/aromatic N) is 3. The third-order valence-electron chi connectivity index (χ3n) is 6.23. The highest BCUT2D eigenvalue weighted by atomic mass is 15.2. The standard InChI is InChI=1S/C25H30N6/c1-14(2)22-20-12-17(24-29-25(31-30-24)18-6-5-9-26-13-18)7-8-21(20)28-23(22)19-10-15(3)27-16(4)11-19/h7-8,10-12,14,18,26,28H,5-6,9,13H2,1-4H3,(H,29,30,31). The van der Waals surface area contributed by atoms with Gasteiger partial charge in [-0.1, -0.05) is 13.8 Å². The first-order chi connectivity index (χ1) is 15.0. The quantitative estimate of drug-likeness (QED) is 0.427. The molecule has 0 radical (unpaired) electrons. The number of hydrogen-bond acceptors (Lipinski definition) is 4.